The number of nitrogens with zero attached hydrogens (tertiary/aromatic N) is 2. The first-order chi connectivity index (χ1) is 13.2. The van der Waals surface area contributed by atoms with Gasteiger partial charge in [0, 0.05) is 49.3 Å². The summed E-state index contributed by atoms with van der Waals surface area (Å²) in [5.74, 6) is 0.956. The van der Waals surface area contributed by atoms with Crippen molar-refractivity contribution >= 4 is 47.4 Å². The van der Waals surface area contributed by atoms with E-state index in [1.165, 1.54) is 18.5 Å². The molecule has 2 aliphatic rings. The van der Waals surface area contributed by atoms with E-state index in [-0.39, 0.29) is 28.7 Å². The van der Waals surface area contributed by atoms with Crippen LogP contribution in [0, 0.1) is 0 Å². The van der Waals surface area contributed by atoms with E-state index in [0.717, 1.165) is 58.2 Å². The van der Waals surface area contributed by atoms with Gasteiger partial charge in [0.05, 0.1) is 6.54 Å². The Balaban J connectivity index is 0.00000280. The van der Waals surface area contributed by atoms with E-state index in [1.807, 2.05) is 11.8 Å². The molecule has 0 saturated carbocycles. The van der Waals surface area contributed by atoms with E-state index < -0.39 is 0 Å². The van der Waals surface area contributed by atoms with Gasteiger partial charge in [0.1, 0.15) is 0 Å². The maximum absolute atomic E-state index is 5.56. The number of benzene rings is 1. The van der Waals surface area contributed by atoms with Gasteiger partial charge < -0.3 is 20.3 Å². The summed E-state index contributed by atoms with van der Waals surface area (Å²) in [5.41, 5.74) is 1.31. The Labute approximate surface area is 191 Å². The van der Waals surface area contributed by atoms with Gasteiger partial charge in [-0.2, -0.15) is 11.8 Å². The lowest BCUT2D eigenvalue weighted by Crippen LogP contribution is -2.51. The molecule has 2 aliphatic heterocycles. The molecule has 0 aliphatic carbocycles. The number of hydrogen-bond donors (Lipinski definition) is 2. The van der Waals surface area contributed by atoms with Gasteiger partial charge in [-0.1, -0.05) is 18.2 Å². The Morgan fingerprint density at radius 1 is 1.29 bits per heavy atom. The molecule has 1 unspecified atom stereocenters. The fourth-order valence-electron chi connectivity index (χ4n) is 3.87. The fourth-order valence-corrected chi connectivity index (χ4v) is 4.64. The topological polar surface area (TPSA) is 48.9 Å². The minimum atomic E-state index is 0. The lowest BCUT2D eigenvalue weighted by atomic mass is 9.99. The van der Waals surface area contributed by atoms with Crippen LogP contribution in [-0.4, -0.2) is 62.4 Å². The summed E-state index contributed by atoms with van der Waals surface area (Å²) in [5, 5.41) is 7.14. The highest BCUT2D eigenvalue weighted by Crippen LogP contribution is 2.34. The molecular weight excluding hydrogens is 483 g/mol. The number of hydrogen-bond acceptors (Lipinski definition) is 4. The minimum absolute atomic E-state index is 0. The Bertz CT molecular complexity index is 595. The summed E-state index contributed by atoms with van der Waals surface area (Å²) in [7, 11) is 0. The molecule has 1 atom stereocenters. The molecule has 28 heavy (non-hydrogen) atoms. The van der Waals surface area contributed by atoms with Crippen molar-refractivity contribution in [3.63, 3.8) is 0 Å². The van der Waals surface area contributed by atoms with Crippen molar-refractivity contribution < 1.29 is 4.74 Å². The van der Waals surface area contributed by atoms with Crippen molar-refractivity contribution in [1.29, 1.82) is 0 Å². The van der Waals surface area contributed by atoms with Crippen molar-refractivity contribution in [3.05, 3.63) is 30.3 Å². The first kappa shape index (κ1) is 23.6. The van der Waals surface area contributed by atoms with Crippen LogP contribution in [0.15, 0.2) is 35.3 Å². The zero-order chi connectivity index (χ0) is 19.0. The van der Waals surface area contributed by atoms with Crippen LogP contribution in [0.3, 0.4) is 0 Å². The SMILES string of the molecule is CCNC(=NCC1(SC)CCOCC1)NC1CCCN(c2ccccc2)C1.I. The van der Waals surface area contributed by atoms with Crippen molar-refractivity contribution in [1.82, 2.24) is 10.6 Å². The highest BCUT2D eigenvalue weighted by molar-refractivity contribution is 14.0. The molecule has 0 amide bonds. The summed E-state index contributed by atoms with van der Waals surface area (Å²) in [4.78, 5) is 7.45. The number of thioether (sulfide) groups is 1. The Morgan fingerprint density at radius 3 is 2.71 bits per heavy atom. The summed E-state index contributed by atoms with van der Waals surface area (Å²) in [6, 6.07) is 11.2. The van der Waals surface area contributed by atoms with Crippen LogP contribution in [0.1, 0.15) is 32.6 Å². The normalized spacial score (nSPS) is 22.3. The van der Waals surface area contributed by atoms with Crippen molar-refractivity contribution in [2.24, 2.45) is 4.99 Å². The number of guanidine groups is 1. The van der Waals surface area contributed by atoms with E-state index in [1.54, 1.807) is 0 Å². The van der Waals surface area contributed by atoms with E-state index in [0.29, 0.717) is 6.04 Å². The molecule has 0 bridgehead atoms. The molecule has 0 aromatic heterocycles. The molecule has 158 valence electrons. The molecule has 2 heterocycles. The van der Waals surface area contributed by atoms with Gasteiger partial charge in [-0.25, -0.2) is 0 Å². The second kappa shape index (κ2) is 12.1. The molecule has 2 N–H and O–H groups in total. The van der Waals surface area contributed by atoms with E-state index in [4.69, 9.17) is 9.73 Å². The van der Waals surface area contributed by atoms with Crippen LogP contribution in [-0.2, 0) is 4.74 Å². The van der Waals surface area contributed by atoms with Crippen molar-refractivity contribution in [2.75, 3.05) is 50.5 Å². The van der Waals surface area contributed by atoms with Gasteiger partial charge in [-0.15, -0.1) is 24.0 Å². The molecule has 1 aromatic carbocycles. The third-order valence-corrected chi connectivity index (χ3v) is 6.99. The van der Waals surface area contributed by atoms with Crippen molar-refractivity contribution in [3.8, 4) is 0 Å². The first-order valence-electron chi connectivity index (χ1n) is 10.2. The van der Waals surface area contributed by atoms with Crippen molar-refractivity contribution in [2.45, 2.75) is 43.4 Å². The van der Waals surface area contributed by atoms with Gasteiger partial charge in [0.2, 0.25) is 0 Å². The number of anilines is 1. The summed E-state index contributed by atoms with van der Waals surface area (Å²) >= 11 is 1.95. The predicted molar refractivity (Wildman–Crippen MR) is 133 cm³/mol. The molecule has 3 rings (SSSR count). The van der Waals surface area contributed by atoms with Crippen LogP contribution in [0.5, 0.6) is 0 Å². The monoisotopic (exact) mass is 518 g/mol. The number of para-hydroxylation sites is 1. The minimum Gasteiger partial charge on any atom is -0.381 e. The number of ether oxygens (including phenoxy) is 1. The maximum atomic E-state index is 5.56. The van der Waals surface area contributed by atoms with Gasteiger partial charge in [0.15, 0.2) is 5.96 Å². The Kier molecular flexibility index (Phi) is 10.2. The molecule has 0 spiro atoms. The van der Waals surface area contributed by atoms with Crippen LogP contribution in [0.2, 0.25) is 0 Å². The lowest BCUT2D eigenvalue weighted by Gasteiger charge is -2.36. The van der Waals surface area contributed by atoms with Crippen LogP contribution < -0.4 is 15.5 Å². The zero-order valence-electron chi connectivity index (χ0n) is 17.2. The average molecular weight is 519 g/mol. The number of piperidine rings is 1. The van der Waals surface area contributed by atoms with Gasteiger partial charge >= 0.3 is 0 Å². The highest BCUT2D eigenvalue weighted by atomic mass is 127. The zero-order valence-corrected chi connectivity index (χ0v) is 20.3. The molecule has 2 saturated heterocycles. The quantitative estimate of drug-likeness (QED) is 0.342. The summed E-state index contributed by atoms with van der Waals surface area (Å²) < 4.78 is 5.78. The second-order valence-corrected chi connectivity index (χ2v) is 8.73. The number of aliphatic imine (C=N–C) groups is 1. The van der Waals surface area contributed by atoms with Gasteiger partial charge in [-0.05, 0) is 51.0 Å². The Morgan fingerprint density at radius 2 is 2.04 bits per heavy atom. The third kappa shape index (κ3) is 6.69. The van der Waals surface area contributed by atoms with Gasteiger partial charge in [0.25, 0.3) is 0 Å². The third-order valence-electron chi connectivity index (χ3n) is 5.59. The first-order valence-corrected chi connectivity index (χ1v) is 11.4. The van der Waals surface area contributed by atoms with Crippen LogP contribution >= 0.6 is 35.7 Å². The molecule has 7 heteroatoms. The lowest BCUT2D eigenvalue weighted by molar-refractivity contribution is 0.0794. The fraction of sp³-hybridized carbons (Fsp3) is 0.667. The predicted octanol–water partition coefficient (Wildman–Crippen LogP) is 3.74. The Hall–Kier alpha value is -0.670. The van der Waals surface area contributed by atoms with E-state index in [2.05, 4.69) is 59.0 Å². The number of rotatable bonds is 6. The molecule has 0 radical (unpaired) electrons. The van der Waals surface area contributed by atoms with Crippen LogP contribution in [0.4, 0.5) is 5.69 Å². The highest BCUT2D eigenvalue weighted by Gasteiger charge is 2.31. The number of nitrogens with one attached hydrogen (secondary N) is 2. The molecule has 1 aromatic rings. The van der Waals surface area contributed by atoms with E-state index >= 15 is 0 Å². The smallest absolute Gasteiger partial charge is 0.191 e. The van der Waals surface area contributed by atoms with E-state index in [9.17, 15) is 0 Å². The largest absolute Gasteiger partial charge is 0.381 e. The molecule has 2 fully saturated rings. The molecular formula is C21H35IN4OS. The van der Waals surface area contributed by atoms with Crippen LogP contribution in [0.25, 0.3) is 0 Å². The summed E-state index contributed by atoms with van der Waals surface area (Å²) in [6.07, 6.45) is 6.78. The molecule has 5 nitrogen and oxygen atoms in total. The standard InChI is InChI=1S/C21H34N4OS.HI/c1-3-22-20(23-17-21(27-2)11-14-26-15-12-21)24-18-8-7-13-25(16-18)19-9-5-4-6-10-19;/h4-6,9-10,18H,3,7-8,11-17H2,1-2H3,(H2,22,23,24);1H. The summed E-state index contributed by atoms with van der Waals surface area (Å²) in [6.45, 7) is 7.73. The number of halogens is 1. The average Bonchev–Trinajstić information content (AvgIpc) is 2.74. The maximum Gasteiger partial charge on any atom is 0.191 e. The van der Waals surface area contributed by atoms with Gasteiger partial charge in [-0.3, -0.25) is 4.99 Å². The second-order valence-electron chi connectivity index (χ2n) is 7.46.